The van der Waals surface area contributed by atoms with Gasteiger partial charge in [-0.25, -0.2) is 0 Å². The van der Waals surface area contributed by atoms with Gasteiger partial charge in [0.1, 0.15) is 0 Å². The predicted octanol–water partition coefficient (Wildman–Crippen LogP) is 0.180. The third kappa shape index (κ3) is 2.19. The number of hydrogen-bond acceptors (Lipinski definition) is 3. The van der Waals surface area contributed by atoms with Gasteiger partial charge in [-0.2, -0.15) is 0 Å². The average molecular weight is 173 g/mol. The van der Waals surface area contributed by atoms with E-state index in [2.05, 4.69) is 4.90 Å². The molecule has 0 radical (unpaired) electrons. The van der Waals surface area contributed by atoms with Crippen LogP contribution in [-0.4, -0.2) is 48.3 Å². The molecule has 4 heteroatoms. The van der Waals surface area contributed by atoms with Gasteiger partial charge in [0.25, 0.3) is 0 Å². The highest BCUT2D eigenvalue weighted by molar-refractivity contribution is 5.67. The topological polar surface area (TPSA) is 49.8 Å². The molecule has 1 rings (SSSR count). The van der Waals surface area contributed by atoms with Gasteiger partial charge in [0, 0.05) is 12.6 Å². The third-order valence-electron chi connectivity index (χ3n) is 2.39. The first kappa shape index (κ1) is 9.48. The van der Waals surface area contributed by atoms with Crippen molar-refractivity contribution in [3.63, 3.8) is 0 Å². The summed E-state index contributed by atoms with van der Waals surface area (Å²) in [6.45, 7) is 3.52. The molecular formula is C8H15NO3. The van der Waals surface area contributed by atoms with Gasteiger partial charge in [-0.15, -0.1) is 0 Å². The molecule has 1 fully saturated rings. The van der Waals surface area contributed by atoms with Gasteiger partial charge in [0.05, 0.1) is 19.1 Å². The summed E-state index contributed by atoms with van der Waals surface area (Å²) in [6, 6.07) is 0.204. The monoisotopic (exact) mass is 173 g/mol. The number of carboxylic acid groups (broad SMARTS) is 1. The molecule has 12 heavy (non-hydrogen) atoms. The van der Waals surface area contributed by atoms with Gasteiger partial charge in [-0.1, -0.05) is 0 Å². The smallest absolute Gasteiger partial charge is 0.306 e. The first-order valence-electron chi connectivity index (χ1n) is 4.15. The summed E-state index contributed by atoms with van der Waals surface area (Å²) >= 11 is 0. The molecule has 1 heterocycles. The SMILES string of the molecule is CC1C(CC(=O)O)OCCN1C. The second-order valence-electron chi connectivity index (χ2n) is 3.23. The molecule has 0 aromatic rings. The summed E-state index contributed by atoms with van der Waals surface area (Å²) in [7, 11) is 1.99. The van der Waals surface area contributed by atoms with Crippen molar-refractivity contribution in [3.8, 4) is 0 Å². The molecular weight excluding hydrogens is 158 g/mol. The number of aliphatic carboxylic acids is 1. The van der Waals surface area contributed by atoms with Crippen molar-refractivity contribution in [1.29, 1.82) is 0 Å². The maximum Gasteiger partial charge on any atom is 0.306 e. The molecule has 2 unspecified atom stereocenters. The van der Waals surface area contributed by atoms with E-state index in [0.29, 0.717) is 6.61 Å². The van der Waals surface area contributed by atoms with E-state index in [1.807, 2.05) is 14.0 Å². The van der Waals surface area contributed by atoms with Crippen LogP contribution in [0.2, 0.25) is 0 Å². The summed E-state index contributed by atoms with van der Waals surface area (Å²) in [6.07, 6.45) is -0.0489. The molecule has 0 saturated carbocycles. The summed E-state index contributed by atoms with van der Waals surface area (Å²) in [5, 5.41) is 8.57. The van der Waals surface area contributed by atoms with Crippen molar-refractivity contribution >= 4 is 5.97 Å². The fourth-order valence-electron chi connectivity index (χ4n) is 1.38. The van der Waals surface area contributed by atoms with Crippen molar-refractivity contribution in [2.75, 3.05) is 20.2 Å². The Morgan fingerprint density at radius 1 is 1.75 bits per heavy atom. The minimum atomic E-state index is -0.790. The molecule has 1 saturated heterocycles. The van der Waals surface area contributed by atoms with E-state index in [0.717, 1.165) is 6.54 Å². The molecule has 2 atom stereocenters. The number of morpholine rings is 1. The lowest BCUT2D eigenvalue weighted by atomic mass is 10.1. The van der Waals surface area contributed by atoms with Crippen molar-refractivity contribution in [3.05, 3.63) is 0 Å². The van der Waals surface area contributed by atoms with E-state index in [1.54, 1.807) is 0 Å². The van der Waals surface area contributed by atoms with Crippen LogP contribution in [0.4, 0.5) is 0 Å². The van der Waals surface area contributed by atoms with Gasteiger partial charge in [0.15, 0.2) is 0 Å². The third-order valence-corrected chi connectivity index (χ3v) is 2.39. The lowest BCUT2D eigenvalue weighted by Gasteiger charge is -2.36. The Bertz CT molecular complexity index is 172. The van der Waals surface area contributed by atoms with Crippen molar-refractivity contribution < 1.29 is 14.6 Å². The Balaban J connectivity index is 2.46. The Morgan fingerprint density at radius 3 is 3.00 bits per heavy atom. The molecule has 1 aliphatic heterocycles. The molecule has 0 spiro atoms. The van der Waals surface area contributed by atoms with Crippen LogP contribution in [0, 0.1) is 0 Å². The van der Waals surface area contributed by atoms with E-state index in [9.17, 15) is 4.79 Å². The van der Waals surface area contributed by atoms with Gasteiger partial charge >= 0.3 is 5.97 Å². The predicted molar refractivity (Wildman–Crippen MR) is 44.1 cm³/mol. The maximum absolute atomic E-state index is 10.4. The van der Waals surface area contributed by atoms with Gasteiger partial charge in [-0.05, 0) is 14.0 Å². The van der Waals surface area contributed by atoms with Crippen molar-refractivity contribution in [1.82, 2.24) is 4.90 Å². The summed E-state index contributed by atoms with van der Waals surface area (Å²) < 4.78 is 5.35. The number of ether oxygens (including phenoxy) is 1. The number of likely N-dealkylation sites (N-methyl/N-ethyl adjacent to an activating group) is 1. The van der Waals surface area contributed by atoms with Crippen LogP contribution in [0.15, 0.2) is 0 Å². The Kier molecular flexibility index (Phi) is 3.05. The normalized spacial score (nSPS) is 31.8. The number of hydrogen-bond donors (Lipinski definition) is 1. The summed E-state index contributed by atoms with van der Waals surface area (Å²) in [5.41, 5.74) is 0. The molecule has 1 aliphatic rings. The van der Waals surface area contributed by atoms with E-state index < -0.39 is 5.97 Å². The fourth-order valence-corrected chi connectivity index (χ4v) is 1.38. The Morgan fingerprint density at radius 2 is 2.42 bits per heavy atom. The largest absolute Gasteiger partial charge is 0.481 e. The molecule has 0 amide bonds. The number of rotatable bonds is 2. The summed E-state index contributed by atoms with van der Waals surface area (Å²) in [5.74, 6) is -0.790. The highest BCUT2D eigenvalue weighted by atomic mass is 16.5. The molecule has 1 N–H and O–H groups in total. The zero-order valence-electron chi connectivity index (χ0n) is 7.49. The van der Waals surface area contributed by atoms with E-state index >= 15 is 0 Å². The van der Waals surface area contributed by atoms with Gasteiger partial charge in [-0.3, -0.25) is 9.69 Å². The molecule has 4 nitrogen and oxygen atoms in total. The zero-order chi connectivity index (χ0) is 9.14. The fraction of sp³-hybridized carbons (Fsp3) is 0.875. The second-order valence-corrected chi connectivity index (χ2v) is 3.23. The zero-order valence-corrected chi connectivity index (χ0v) is 7.49. The van der Waals surface area contributed by atoms with Crippen molar-refractivity contribution in [2.45, 2.75) is 25.5 Å². The highest BCUT2D eigenvalue weighted by Gasteiger charge is 2.27. The molecule has 0 aromatic carbocycles. The van der Waals surface area contributed by atoms with Gasteiger partial charge in [0.2, 0.25) is 0 Å². The van der Waals surface area contributed by atoms with Crippen LogP contribution >= 0.6 is 0 Å². The van der Waals surface area contributed by atoms with E-state index in [4.69, 9.17) is 9.84 Å². The lowest BCUT2D eigenvalue weighted by Crippen LogP contribution is -2.48. The average Bonchev–Trinajstić information content (AvgIpc) is 1.98. The number of carbonyl (C=O) groups is 1. The summed E-state index contributed by atoms with van der Waals surface area (Å²) in [4.78, 5) is 12.5. The Labute approximate surface area is 72.1 Å². The van der Waals surface area contributed by atoms with Crippen molar-refractivity contribution in [2.24, 2.45) is 0 Å². The van der Waals surface area contributed by atoms with Crippen LogP contribution in [0.3, 0.4) is 0 Å². The highest BCUT2D eigenvalue weighted by Crippen LogP contribution is 2.14. The van der Waals surface area contributed by atoms with Crippen LogP contribution in [0.1, 0.15) is 13.3 Å². The minimum absolute atomic E-state index is 0.103. The first-order chi connectivity index (χ1) is 5.61. The lowest BCUT2D eigenvalue weighted by molar-refractivity contribution is -0.144. The maximum atomic E-state index is 10.4. The van der Waals surface area contributed by atoms with Crippen LogP contribution in [0.25, 0.3) is 0 Å². The number of carboxylic acids is 1. The van der Waals surface area contributed by atoms with Crippen LogP contribution in [-0.2, 0) is 9.53 Å². The molecule has 0 bridgehead atoms. The van der Waals surface area contributed by atoms with Crippen LogP contribution < -0.4 is 0 Å². The van der Waals surface area contributed by atoms with Gasteiger partial charge < -0.3 is 9.84 Å². The van der Waals surface area contributed by atoms with E-state index in [1.165, 1.54) is 0 Å². The van der Waals surface area contributed by atoms with E-state index in [-0.39, 0.29) is 18.6 Å². The standard InChI is InChI=1S/C8H15NO3/c1-6-7(5-8(10)11)12-4-3-9(6)2/h6-7H,3-5H2,1-2H3,(H,10,11). The first-order valence-corrected chi connectivity index (χ1v) is 4.15. The Hall–Kier alpha value is -0.610. The molecule has 0 aromatic heterocycles. The number of nitrogens with zero attached hydrogens (tertiary/aromatic N) is 1. The quantitative estimate of drug-likeness (QED) is 0.647. The van der Waals surface area contributed by atoms with Crippen LogP contribution in [0.5, 0.6) is 0 Å². The molecule has 0 aliphatic carbocycles. The second kappa shape index (κ2) is 3.87. The molecule has 70 valence electrons. The minimum Gasteiger partial charge on any atom is -0.481 e.